The molecule has 2 nitrogen and oxygen atoms in total. The molecule has 0 spiro atoms. The molecule has 0 bridgehead atoms. The summed E-state index contributed by atoms with van der Waals surface area (Å²) < 4.78 is 24.8. The van der Waals surface area contributed by atoms with Crippen LogP contribution in [0.3, 0.4) is 0 Å². The van der Waals surface area contributed by atoms with Crippen molar-refractivity contribution < 1.29 is 8.78 Å². The van der Waals surface area contributed by atoms with Crippen LogP contribution < -0.4 is 5.43 Å². The molecular weight excluding hydrogens is 382 g/mol. The molecule has 0 aromatic carbocycles. The Morgan fingerprint density at radius 2 is 1.45 bits per heavy atom. The fourth-order valence-electron chi connectivity index (χ4n) is 0.502. The number of pyridine rings is 1. The van der Waals surface area contributed by atoms with Gasteiger partial charge in [0.15, 0.2) is 0 Å². The highest BCUT2D eigenvalue weighted by Gasteiger charge is 2.11. The molecule has 0 aliphatic carbocycles. The summed E-state index contributed by atoms with van der Waals surface area (Å²) in [4.78, 5) is 12.7. The predicted octanol–water partition coefficient (Wildman–Crippen LogP) is 1.86. The van der Waals surface area contributed by atoms with Crippen molar-refractivity contribution >= 4 is 45.2 Å². The average Bonchev–Trinajstić information content (AvgIpc) is 1.97. The van der Waals surface area contributed by atoms with Crippen LogP contribution in [0, 0.1) is 19.0 Å². The third kappa shape index (κ3) is 1.71. The van der Waals surface area contributed by atoms with Crippen molar-refractivity contribution in [3.05, 3.63) is 29.3 Å². The minimum Gasteiger partial charge on any atom is -0.306 e. The first-order valence-corrected chi connectivity index (χ1v) is 4.62. The molecule has 0 fully saturated rings. The number of hydrogen-bond acceptors (Lipinski definition) is 1. The Bertz CT molecular complexity index is 320. The number of hydrogen-bond donors (Lipinski definition) is 1. The van der Waals surface area contributed by atoms with Crippen LogP contribution in [0.5, 0.6) is 0 Å². The van der Waals surface area contributed by atoms with E-state index in [-0.39, 0.29) is 7.14 Å². The summed E-state index contributed by atoms with van der Waals surface area (Å²) >= 11 is 3.04. The Kier molecular flexibility index (Phi) is 2.84. The van der Waals surface area contributed by atoms with E-state index in [1.54, 1.807) is 4.98 Å². The minimum atomic E-state index is -0.923. The summed E-state index contributed by atoms with van der Waals surface area (Å²) in [6, 6.07) is 0. The second-order valence-electron chi connectivity index (χ2n) is 1.71. The fraction of sp³-hybridized carbons (Fsp3) is 0. The van der Waals surface area contributed by atoms with Crippen LogP contribution in [-0.4, -0.2) is 4.98 Å². The summed E-state index contributed by atoms with van der Waals surface area (Å²) in [5, 5.41) is 0. The molecule has 60 valence electrons. The van der Waals surface area contributed by atoms with E-state index in [2.05, 4.69) is 0 Å². The molecule has 0 unspecified atom stereocenters. The van der Waals surface area contributed by atoms with E-state index in [4.69, 9.17) is 0 Å². The van der Waals surface area contributed by atoms with E-state index in [0.29, 0.717) is 0 Å². The molecular formula is C5HF2I2NO. The summed E-state index contributed by atoms with van der Waals surface area (Å²) in [6.45, 7) is 0. The average molecular weight is 383 g/mol. The van der Waals surface area contributed by atoms with E-state index in [0.717, 1.165) is 0 Å². The lowest BCUT2D eigenvalue weighted by Gasteiger charge is -1.96. The molecule has 6 heteroatoms. The minimum absolute atomic E-state index is 0.117. The van der Waals surface area contributed by atoms with Crippen molar-refractivity contribution in [2.45, 2.75) is 0 Å². The van der Waals surface area contributed by atoms with Gasteiger partial charge in [0.25, 0.3) is 0 Å². The smallest absolute Gasteiger partial charge is 0.214 e. The number of halogens is 4. The van der Waals surface area contributed by atoms with Gasteiger partial charge in [0.05, 0.1) is 0 Å². The maximum absolute atomic E-state index is 12.5. The Hall–Kier alpha value is 0.270. The van der Waals surface area contributed by atoms with Gasteiger partial charge in [0, 0.05) is 0 Å². The molecule has 0 atom stereocenters. The zero-order chi connectivity index (χ0) is 8.59. The Morgan fingerprint density at radius 3 is 1.82 bits per heavy atom. The number of H-pyrrole nitrogens is 1. The first kappa shape index (κ1) is 9.36. The molecule has 1 heterocycles. The van der Waals surface area contributed by atoms with E-state index in [1.165, 1.54) is 45.2 Å². The third-order valence-corrected chi connectivity index (χ3v) is 2.93. The molecule has 1 rings (SSSR count). The first-order valence-electron chi connectivity index (χ1n) is 2.46. The van der Waals surface area contributed by atoms with Crippen molar-refractivity contribution in [1.29, 1.82) is 0 Å². The second kappa shape index (κ2) is 3.33. The first-order chi connectivity index (χ1) is 5.04. The Labute approximate surface area is 87.7 Å². The second-order valence-corrected chi connectivity index (χ2v) is 3.87. The van der Waals surface area contributed by atoms with Crippen LogP contribution in [0.4, 0.5) is 8.78 Å². The lowest BCUT2D eigenvalue weighted by molar-refractivity contribution is 0.500. The third-order valence-electron chi connectivity index (χ3n) is 1.00. The number of nitrogens with one attached hydrogen (secondary N) is 1. The van der Waals surface area contributed by atoms with Crippen LogP contribution in [0.15, 0.2) is 4.79 Å². The SMILES string of the molecule is O=c1c(I)c(F)[nH]c(F)c1I. The molecule has 0 aliphatic rings. The largest absolute Gasteiger partial charge is 0.306 e. The Balaban J connectivity index is 3.59. The zero-order valence-corrected chi connectivity index (χ0v) is 9.24. The molecule has 0 aliphatic heterocycles. The molecule has 11 heavy (non-hydrogen) atoms. The molecule has 1 N–H and O–H groups in total. The summed E-state index contributed by atoms with van der Waals surface area (Å²) in [5.41, 5.74) is -0.611. The van der Waals surface area contributed by atoms with Crippen LogP contribution in [-0.2, 0) is 0 Å². The van der Waals surface area contributed by atoms with Crippen molar-refractivity contribution in [2.75, 3.05) is 0 Å². The Morgan fingerprint density at radius 1 is 1.09 bits per heavy atom. The predicted molar refractivity (Wildman–Crippen MR) is 52.4 cm³/mol. The lowest BCUT2D eigenvalue weighted by Crippen LogP contribution is -2.15. The van der Waals surface area contributed by atoms with Gasteiger partial charge in [-0.25, -0.2) is 0 Å². The summed E-state index contributed by atoms with van der Waals surface area (Å²) in [6.07, 6.45) is 0. The van der Waals surface area contributed by atoms with Gasteiger partial charge in [-0.1, -0.05) is 0 Å². The maximum Gasteiger partial charge on any atom is 0.214 e. The van der Waals surface area contributed by atoms with Crippen molar-refractivity contribution in [3.8, 4) is 0 Å². The van der Waals surface area contributed by atoms with Crippen LogP contribution in [0.2, 0.25) is 0 Å². The number of aromatic nitrogens is 1. The summed E-state index contributed by atoms with van der Waals surface area (Å²) in [7, 11) is 0. The highest BCUT2D eigenvalue weighted by Crippen LogP contribution is 2.08. The van der Waals surface area contributed by atoms with Crippen LogP contribution in [0.1, 0.15) is 0 Å². The highest BCUT2D eigenvalue weighted by molar-refractivity contribution is 14.1. The standard InChI is InChI=1S/C5HF2I2NO/c6-4-1(8)3(11)2(9)5(7)10-4/h(H,10,11). The van der Waals surface area contributed by atoms with Gasteiger partial charge >= 0.3 is 0 Å². The topological polar surface area (TPSA) is 32.9 Å². The van der Waals surface area contributed by atoms with Gasteiger partial charge in [-0.3, -0.25) is 4.79 Å². The molecule has 0 saturated carbocycles. The fourth-order valence-corrected chi connectivity index (χ4v) is 1.83. The van der Waals surface area contributed by atoms with Gasteiger partial charge in [-0.05, 0) is 45.2 Å². The van der Waals surface area contributed by atoms with E-state index in [9.17, 15) is 13.6 Å². The van der Waals surface area contributed by atoms with E-state index >= 15 is 0 Å². The van der Waals surface area contributed by atoms with Gasteiger partial charge in [0.2, 0.25) is 17.3 Å². The van der Waals surface area contributed by atoms with Gasteiger partial charge < -0.3 is 4.98 Å². The lowest BCUT2D eigenvalue weighted by atomic mass is 10.5. The van der Waals surface area contributed by atoms with E-state index < -0.39 is 17.3 Å². The van der Waals surface area contributed by atoms with Crippen LogP contribution >= 0.6 is 45.2 Å². The van der Waals surface area contributed by atoms with Crippen molar-refractivity contribution in [3.63, 3.8) is 0 Å². The molecule has 1 aromatic heterocycles. The highest BCUT2D eigenvalue weighted by atomic mass is 127. The number of rotatable bonds is 0. The van der Waals surface area contributed by atoms with Crippen molar-refractivity contribution in [2.24, 2.45) is 0 Å². The summed E-state index contributed by atoms with van der Waals surface area (Å²) in [5.74, 6) is -1.85. The maximum atomic E-state index is 12.5. The van der Waals surface area contributed by atoms with Gasteiger partial charge in [-0.15, -0.1) is 0 Å². The number of aromatic amines is 1. The molecule has 1 aromatic rings. The van der Waals surface area contributed by atoms with Crippen LogP contribution in [0.25, 0.3) is 0 Å². The normalized spacial score (nSPS) is 10.2. The zero-order valence-electron chi connectivity index (χ0n) is 4.92. The van der Waals surface area contributed by atoms with E-state index in [1.807, 2.05) is 0 Å². The molecule has 0 radical (unpaired) electrons. The molecule has 0 amide bonds. The monoisotopic (exact) mass is 383 g/mol. The quantitative estimate of drug-likeness (QED) is 0.539. The van der Waals surface area contributed by atoms with Gasteiger partial charge in [0.1, 0.15) is 7.14 Å². The van der Waals surface area contributed by atoms with Gasteiger partial charge in [-0.2, -0.15) is 8.78 Å². The van der Waals surface area contributed by atoms with Crippen molar-refractivity contribution in [1.82, 2.24) is 4.98 Å². The molecule has 0 saturated heterocycles.